The van der Waals surface area contributed by atoms with E-state index >= 15 is 4.39 Å². The van der Waals surface area contributed by atoms with Crippen molar-refractivity contribution in [3.8, 4) is 11.1 Å². The van der Waals surface area contributed by atoms with Crippen LogP contribution in [-0.2, 0) is 17.5 Å². The zero-order valence-electron chi connectivity index (χ0n) is 24.7. The molecule has 0 bridgehead atoms. The van der Waals surface area contributed by atoms with Crippen LogP contribution in [0, 0.1) is 17.5 Å². The van der Waals surface area contributed by atoms with Crippen LogP contribution in [0.5, 0.6) is 0 Å². The molecule has 0 unspecified atom stereocenters. The topological polar surface area (TPSA) is 58.4 Å². The third kappa shape index (κ3) is 5.54. The van der Waals surface area contributed by atoms with Gasteiger partial charge >= 0.3 is 11.9 Å². The zero-order valence-corrected chi connectivity index (χ0v) is 25.6. The summed E-state index contributed by atoms with van der Waals surface area (Å²) in [6, 6.07) is 8.09. The summed E-state index contributed by atoms with van der Waals surface area (Å²) < 4.78 is 89.1. The molecule has 1 saturated heterocycles. The summed E-state index contributed by atoms with van der Waals surface area (Å²) in [5.74, 6) is -3.17. The lowest BCUT2D eigenvalue weighted by Gasteiger charge is -2.44. The van der Waals surface area contributed by atoms with Gasteiger partial charge in [0.25, 0.3) is 0 Å². The van der Waals surface area contributed by atoms with Crippen LogP contribution in [0.2, 0.25) is 0 Å². The lowest BCUT2D eigenvalue weighted by molar-refractivity contribution is -0.137. The molecule has 13 heteroatoms. The van der Waals surface area contributed by atoms with Crippen LogP contribution in [0.25, 0.3) is 22.0 Å². The van der Waals surface area contributed by atoms with Gasteiger partial charge in [0.05, 0.1) is 11.1 Å². The third-order valence-electron chi connectivity index (χ3n) is 8.53. The molecule has 46 heavy (non-hydrogen) atoms. The normalized spacial score (nSPS) is 20.1. The van der Waals surface area contributed by atoms with Crippen LogP contribution < -0.4 is 10.6 Å². The predicted octanol–water partition coefficient (Wildman–Crippen LogP) is 7.00. The van der Waals surface area contributed by atoms with E-state index < -0.39 is 64.0 Å². The van der Waals surface area contributed by atoms with Gasteiger partial charge in [-0.25, -0.2) is 18.0 Å². The molecular weight excluding hydrogens is 630 g/mol. The van der Waals surface area contributed by atoms with Gasteiger partial charge in [-0.2, -0.15) is 18.2 Å². The smallest absolute Gasteiger partial charge is 0.352 e. The summed E-state index contributed by atoms with van der Waals surface area (Å²) in [4.78, 5) is 34.0. The second-order valence-corrected chi connectivity index (χ2v) is 12.6. The number of carbonyl (C=O) groups excluding carboxylic acids is 1. The average molecular weight is 659 g/mol. The molecule has 2 aliphatic heterocycles. The number of hydrogen-bond acceptors (Lipinski definition) is 5. The number of aromatic nitrogens is 2. The molecule has 1 amide bonds. The van der Waals surface area contributed by atoms with E-state index in [1.54, 1.807) is 35.8 Å². The predicted molar refractivity (Wildman–Crippen MR) is 164 cm³/mol. The summed E-state index contributed by atoms with van der Waals surface area (Å²) in [5, 5.41) is 0.0309. The highest BCUT2D eigenvalue weighted by Gasteiger charge is 2.40. The van der Waals surface area contributed by atoms with E-state index in [9.17, 15) is 31.5 Å². The molecule has 240 valence electrons. The lowest BCUT2D eigenvalue weighted by Crippen LogP contribution is -2.58. The fourth-order valence-corrected chi connectivity index (χ4v) is 7.94. The largest absolute Gasteiger partial charge is 0.417 e. The van der Waals surface area contributed by atoms with Gasteiger partial charge in [-0.1, -0.05) is 18.7 Å². The number of carbonyl (C=O) groups is 1. The van der Waals surface area contributed by atoms with E-state index in [0.717, 1.165) is 30.0 Å². The zero-order chi connectivity index (χ0) is 33.1. The van der Waals surface area contributed by atoms with Crippen molar-refractivity contribution in [2.45, 2.75) is 49.5 Å². The number of halogens is 6. The molecule has 6 rings (SSSR count). The molecule has 1 aromatic heterocycles. The molecule has 0 radical (unpaired) electrons. The number of thioether (sulfide) groups is 1. The highest BCUT2D eigenvalue weighted by atomic mass is 32.2. The summed E-state index contributed by atoms with van der Waals surface area (Å²) in [5.41, 5.74) is -2.06. The van der Waals surface area contributed by atoms with Gasteiger partial charge < -0.3 is 9.80 Å². The molecule has 0 N–H and O–H groups in total. The minimum atomic E-state index is -4.97. The standard InChI is InChI=1S/C33H28F6N4O2S/c1-4-27(44)43-17(2)13-41(14-18(43)3)31-24-12-25(33(37,38)39)28(23-10-9-22(35)11-26(23)36)30-29(24)42(32(45)40-31)15-20(16-46-30)19-5-7-21(34)8-6-19/h4-12,17-18,20H,1,13-16H2,2-3H3/t17-,18+,20-/m1/s1. The van der Waals surface area contributed by atoms with Crippen molar-refractivity contribution in [3.05, 3.63) is 100 Å². The summed E-state index contributed by atoms with van der Waals surface area (Å²) >= 11 is 1.02. The van der Waals surface area contributed by atoms with Crippen LogP contribution in [0.15, 0.2) is 70.9 Å². The number of benzene rings is 3. The molecule has 6 nitrogen and oxygen atoms in total. The molecule has 4 aromatic rings. The van der Waals surface area contributed by atoms with Gasteiger partial charge in [0.2, 0.25) is 5.91 Å². The molecule has 2 aliphatic rings. The molecular formula is C33H28F6N4O2S. The van der Waals surface area contributed by atoms with E-state index in [1.807, 2.05) is 0 Å². The maximum absolute atomic E-state index is 15.3. The van der Waals surface area contributed by atoms with E-state index in [4.69, 9.17) is 0 Å². The minimum Gasteiger partial charge on any atom is -0.352 e. The Kier molecular flexibility index (Phi) is 8.16. The number of anilines is 1. The second-order valence-electron chi connectivity index (χ2n) is 11.6. The number of amides is 1. The molecule has 3 heterocycles. The Balaban J connectivity index is 1.64. The molecule has 3 aromatic carbocycles. The first kappa shape index (κ1) is 31.7. The van der Waals surface area contributed by atoms with E-state index in [-0.39, 0.29) is 52.9 Å². The maximum Gasteiger partial charge on any atom is 0.417 e. The summed E-state index contributed by atoms with van der Waals surface area (Å²) in [6.07, 6.45) is -3.78. The van der Waals surface area contributed by atoms with Crippen molar-refractivity contribution in [2.75, 3.05) is 23.7 Å². The first-order valence-electron chi connectivity index (χ1n) is 14.5. The highest BCUT2D eigenvalue weighted by molar-refractivity contribution is 7.99. The van der Waals surface area contributed by atoms with Crippen LogP contribution in [-0.4, -0.2) is 51.3 Å². The Morgan fingerprint density at radius 1 is 0.978 bits per heavy atom. The van der Waals surface area contributed by atoms with Gasteiger partial charge in [0.15, 0.2) is 0 Å². The summed E-state index contributed by atoms with van der Waals surface area (Å²) in [7, 11) is 0. The van der Waals surface area contributed by atoms with Crippen LogP contribution in [0.4, 0.5) is 32.2 Å². The fraction of sp³-hybridized carbons (Fsp3) is 0.303. The minimum absolute atomic E-state index is 0.00210. The first-order valence-corrected chi connectivity index (χ1v) is 15.5. The Labute approximate surface area is 264 Å². The summed E-state index contributed by atoms with van der Waals surface area (Å²) in [6.45, 7) is 7.48. The van der Waals surface area contributed by atoms with E-state index in [0.29, 0.717) is 11.6 Å². The van der Waals surface area contributed by atoms with Crippen molar-refractivity contribution in [1.82, 2.24) is 14.5 Å². The van der Waals surface area contributed by atoms with Crippen molar-refractivity contribution in [1.29, 1.82) is 0 Å². The van der Waals surface area contributed by atoms with E-state index in [1.165, 1.54) is 22.8 Å². The van der Waals surface area contributed by atoms with Gasteiger partial charge in [-0.05, 0) is 55.8 Å². The number of hydrogen-bond donors (Lipinski definition) is 0. The second kappa shape index (κ2) is 11.8. The lowest BCUT2D eigenvalue weighted by atomic mass is 9.95. The molecule has 1 fully saturated rings. The maximum atomic E-state index is 15.3. The fourth-order valence-electron chi connectivity index (χ4n) is 6.56. The van der Waals surface area contributed by atoms with Crippen LogP contribution in [0.3, 0.4) is 0 Å². The van der Waals surface area contributed by atoms with Crippen molar-refractivity contribution >= 4 is 34.4 Å². The highest BCUT2D eigenvalue weighted by Crippen LogP contribution is 2.50. The number of nitrogens with zero attached hydrogens (tertiary/aromatic N) is 4. The van der Waals surface area contributed by atoms with Crippen molar-refractivity contribution < 1.29 is 31.1 Å². The number of alkyl halides is 3. The monoisotopic (exact) mass is 658 g/mol. The van der Waals surface area contributed by atoms with Gasteiger partial charge in [0.1, 0.15) is 23.3 Å². The third-order valence-corrected chi connectivity index (χ3v) is 9.78. The number of piperazine rings is 1. The van der Waals surface area contributed by atoms with Crippen LogP contribution in [0.1, 0.15) is 30.9 Å². The Hall–Kier alpha value is -4.26. The van der Waals surface area contributed by atoms with E-state index in [2.05, 4.69) is 11.6 Å². The molecule has 0 spiro atoms. The Bertz CT molecular complexity index is 1920. The number of rotatable bonds is 4. The van der Waals surface area contributed by atoms with Gasteiger partial charge in [-0.15, -0.1) is 11.8 Å². The van der Waals surface area contributed by atoms with Gasteiger partial charge in [-0.3, -0.25) is 9.36 Å². The average Bonchev–Trinajstić information content (AvgIpc) is 3.20. The van der Waals surface area contributed by atoms with Gasteiger partial charge in [0, 0.05) is 70.9 Å². The van der Waals surface area contributed by atoms with Crippen LogP contribution >= 0.6 is 11.8 Å². The molecule has 0 aliphatic carbocycles. The quantitative estimate of drug-likeness (QED) is 0.175. The molecule has 0 saturated carbocycles. The Morgan fingerprint density at radius 3 is 2.24 bits per heavy atom. The van der Waals surface area contributed by atoms with Crippen molar-refractivity contribution in [3.63, 3.8) is 0 Å². The first-order chi connectivity index (χ1) is 21.8. The SMILES string of the molecule is C=CC(=O)N1[C@H](C)CN(c2nc(=O)n3c4c(c(-c5ccc(F)cc5F)c(C(F)(F)F)cc24)SC[C@H](c2ccc(F)cc2)C3)C[C@@H]1C. The Morgan fingerprint density at radius 2 is 1.63 bits per heavy atom. The molecule has 3 atom stereocenters. The van der Waals surface area contributed by atoms with Crippen molar-refractivity contribution in [2.24, 2.45) is 0 Å².